The number of oxime groups is 1. The normalized spacial score (nSPS) is 17.6. The van der Waals surface area contributed by atoms with Gasteiger partial charge in [-0.05, 0) is 44.0 Å². The molecule has 180 valence electrons. The molecule has 1 unspecified atom stereocenters. The standard InChI is InChI=1S/C23H24F4N2O3.ClH/c1-2-31-23(30)15-4-3-9-29(14-15)10-11-32-28-22(18-7-5-16(24)12-20(18)26)19-8-6-17(25)13-21(19)27;/h5-8,12-13,15H,2-4,9-11,14H2,1H3;1H/t15-;/m1./s1. The number of hydrogen-bond acceptors (Lipinski definition) is 4. The minimum absolute atomic E-state index is 0. The highest BCUT2D eigenvalue weighted by Crippen LogP contribution is 2.19. The molecule has 1 heterocycles. The Labute approximate surface area is 195 Å². The number of carbonyl (C=O) groups is 1. The van der Waals surface area contributed by atoms with Crippen LogP contribution in [0.2, 0.25) is 0 Å². The summed E-state index contributed by atoms with van der Waals surface area (Å²) in [6, 6.07) is 5.58. The van der Waals surface area contributed by atoms with Crippen molar-refractivity contribution in [1.29, 1.82) is 0 Å². The molecule has 10 heteroatoms. The highest BCUT2D eigenvalue weighted by atomic mass is 35.5. The van der Waals surface area contributed by atoms with E-state index >= 15 is 0 Å². The van der Waals surface area contributed by atoms with E-state index in [-0.39, 0.29) is 47.7 Å². The SMILES string of the molecule is CCOC(=O)[C@@H]1CCC[NH+](CCON=C(c2ccc(F)cc2F)c2ccc(F)cc2F)C1.[Cl-]. The van der Waals surface area contributed by atoms with Crippen molar-refractivity contribution in [1.82, 2.24) is 0 Å². The number of likely N-dealkylation sites (tertiary alicyclic amines) is 1. The third kappa shape index (κ3) is 7.17. The Kier molecular flexibility index (Phi) is 10.1. The minimum Gasteiger partial charge on any atom is -1.00 e. The van der Waals surface area contributed by atoms with Crippen LogP contribution >= 0.6 is 0 Å². The summed E-state index contributed by atoms with van der Waals surface area (Å²) < 4.78 is 60.5. The van der Waals surface area contributed by atoms with Gasteiger partial charge < -0.3 is 26.9 Å². The van der Waals surface area contributed by atoms with Gasteiger partial charge in [0.25, 0.3) is 0 Å². The van der Waals surface area contributed by atoms with Gasteiger partial charge in [-0.3, -0.25) is 4.79 Å². The van der Waals surface area contributed by atoms with Gasteiger partial charge in [-0.2, -0.15) is 0 Å². The Balaban J connectivity index is 0.00000385. The average molecular weight is 489 g/mol. The molecular weight excluding hydrogens is 464 g/mol. The summed E-state index contributed by atoms with van der Waals surface area (Å²) in [6.07, 6.45) is 1.65. The van der Waals surface area contributed by atoms with Gasteiger partial charge in [0.15, 0.2) is 6.61 Å². The highest BCUT2D eigenvalue weighted by molar-refractivity contribution is 6.12. The van der Waals surface area contributed by atoms with E-state index in [4.69, 9.17) is 9.57 Å². The van der Waals surface area contributed by atoms with Crippen LogP contribution in [0.25, 0.3) is 0 Å². The molecular formula is C23H25ClF4N2O3. The second-order valence-corrected chi connectivity index (χ2v) is 7.57. The first kappa shape index (κ1) is 26.6. The fraction of sp³-hybridized carbons (Fsp3) is 0.391. The van der Waals surface area contributed by atoms with Crippen LogP contribution < -0.4 is 17.3 Å². The molecule has 5 nitrogen and oxygen atoms in total. The number of quaternary nitrogens is 1. The van der Waals surface area contributed by atoms with Gasteiger partial charge in [-0.1, -0.05) is 5.16 Å². The van der Waals surface area contributed by atoms with Crippen LogP contribution in [0.4, 0.5) is 17.6 Å². The first-order valence-corrected chi connectivity index (χ1v) is 10.5. The van der Waals surface area contributed by atoms with E-state index < -0.39 is 23.3 Å². The molecule has 2 aromatic carbocycles. The molecule has 0 aliphatic carbocycles. The number of rotatable bonds is 8. The summed E-state index contributed by atoms with van der Waals surface area (Å²) in [4.78, 5) is 18.5. The quantitative estimate of drug-likeness (QED) is 0.185. The monoisotopic (exact) mass is 488 g/mol. The first-order chi connectivity index (χ1) is 15.4. The molecule has 2 aromatic rings. The van der Waals surface area contributed by atoms with Gasteiger partial charge >= 0.3 is 5.97 Å². The number of benzene rings is 2. The van der Waals surface area contributed by atoms with Crippen molar-refractivity contribution < 1.29 is 49.2 Å². The average Bonchev–Trinajstić information content (AvgIpc) is 2.75. The van der Waals surface area contributed by atoms with Gasteiger partial charge in [-0.15, -0.1) is 0 Å². The van der Waals surface area contributed by atoms with Crippen LogP contribution in [-0.4, -0.2) is 44.5 Å². The first-order valence-electron chi connectivity index (χ1n) is 10.5. The molecule has 0 amide bonds. The van der Waals surface area contributed by atoms with Gasteiger partial charge in [0.05, 0.1) is 19.7 Å². The van der Waals surface area contributed by atoms with Crippen molar-refractivity contribution in [2.45, 2.75) is 19.8 Å². The minimum atomic E-state index is -0.949. The molecule has 1 aliphatic rings. The zero-order valence-corrected chi connectivity index (χ0v) is 18.8. The van der Waals surface area contributed by atoms with Crippen molar-refractivity contribution in [3.05, 3.63) is 70.8 Å². The Morgan fingerprint density at radius 3 is 2.21 bits per heavy atom. The van der Waals surface area contributed by atoms with Gasteiger partial charge in [0.2, 0.25) is 0 Å². The smallest absolute Gasteiger partial charge is 0.314 e. The third-order valence-corrected chi connectivity index (χ3v) is 5.31. The topological polar surface area (TPSA) is 52.3 Å². The van der Waals surface area contributed by atoms with Crippen molar-refractivity contribution >= 4 is 11.7 Å². The van der Waals surface area contributed by atoms with Crippen LogP contribution in [0.1, 0.15) is 30.9 Å². The summed E-state index contributed by atoms with van der Waals surface area (Å²) in [5.41, 5.74) is -0.563. The lowest BCUT2D eigenvalue weighted by Crippen LogP contribution is -3.14. The Hall–Kier alpha value is -2.65. The second-order valence-electron chi connectivity index (χ2n) is 7.57. The number of nitrogens with zero attached hydrogens (tertiary/aromatic N) is 1. The zero-order valence-electron chi connectivity index (χ0n) is 18.1. The summed E-state index contributed by atoms with van der Waals surface area (Å²) in [5.74, 6) is -3.86. The predicted octanol–water partition coefficient (Wildman–Crippen LogP) is -0.126. The van der Waals surface area contributed by atoms with E-state index in [1.807, 2.05) is 0 Å². The number of piperidine rings is 1. The molecule has 1 fully saturated rings. The number of carbonyl (C=O) groups excluding carboxylic acids is 1. The Morgan fingerprint density at radius 1 is 1.06 bits per heavy atom. The van der Waals surface area contributed by atoms with E-state index in [0.29, 0.717) is 31.8 Å². The molecule has 1 saturated heterocycles. The molecule has 1 aliphatic heterocycles. The fourth-order valence-corrected chi connectivity index (χ4v) is 3.75. The van der Waals surface area contributed by atoms with Gasteiger partial charge in [-0.25, -0.2) is 17.6 Å². The van der Waals surface area contributed by atoms with Crippen LogP contribution in [0.15, 0.2) is 41.6 Å². The molecule has 0 aromatic heterocycles. The maximum Gasteiger partial charge on any atom is 0.314 e. The van der Waals surface area contributed by atoms with E-state index in [0.717, 1.165) is 48.6 Å². The molecule has 1 N–H and O–H groups in total. The molecule has 0 bridgehead atoms. The zero-order chi connectivity index (χ0) is 23.1. The van der Waals surface area contributed by atoms with Crippen LogP contribution in [-0.2, 0) is 14.4 Å². The fourth-order valence-electron chi connectivity index (χ4n) is 3.75. The van der Waals surface area contributed by atoms with Crippen molar-refractivity contribution in [2.24, 2.45) is 11.1 Å². The van der Waals surface area contributed by atoms with E-state index in [2.05, 4.69) is 5.16 Å². The highest BCUT2D eigenvalue weighted by Gasteiger charge is 2.29. The third-order valence-electron chi connectivity index (χ3n) is 5.31. The Morgan fingerprint density at radius 2 is 1.67 bits per heavy atom. The lowest BCUT2D eigenvalue weighted by Gasteiger charge is -2.28. The van der Waals surface area contributed by atoms with E-state index in [1.165, 1.54) is 0 Å². The van der Waals surface area contributed by atoms with Crippen LogP contribution in [0.3, 0.4) is 0 Å². The lowest BCUT2D eigenvalue weighted by molar-refractivity contribution is -0.908. The second kappa shape index (κ2) is 12.6. The molecule has 2 atom stereocenters. The van der Waals surface area contributed by atoms with Crippen LogP contribution in [0.5, 0.6) is 0 Å². The summed E-state index contributed by atoms with van der Waals surface area (Å²) >= 11 is 0. The molecule has 0 spiro atoms. The number of halogens is 5. The molecule has 3 rings (SSSR count). The number of esters is 1. The number of ether oxygens (including phenoxy) is 1. The maximum atomic E-state index is 14.4. The van der Waals surface area contributed by atoms with Crippen LogP contribution in [0, 0.1) is 29.2 Å². The summed E-state index contributed by atoms with van der Waals surface area (Å²) in [7, 11) is 0. The Bertz CT molecular complexity index is 937. The van der Waals surface area contributed by atoms with Crippen molar-refractivity contribution in [2.75, 3.05) is 32.8 Å². The van der Waals surface area contributed by atoms with Gasteiger partial charge in [0.1, 0.15) is 41.4 Å². The summed E-state index contributed by atoms with van der Waals surface area (Å²) in [6.45, 7) is 4.21. The predicted molar refractivity (Wildman–Crippen MR) is 109 cm³/mol. The number of hydrogen-bond donors (Lipinski definition) is 1. The summed E-state index contributed by atoms with van der Waals surface area (Å²) in [5, 5.41) is 3.90. The molecule has 0 saturated carbocycles. The lowest BCUT2D eigenvalue weighted by atomic mass is 9.98. The molecule has 0 radical (unpaired) electrons. The maximum absolute atomic E-state index is 14.4. The van der Waals surface area contributed by atoms with E-state index in [9.17, 15) is 22.4 Å². The largest absolute Gasteiger partial charge is 1.00 e. The van der Waals surface area contributed by atoms with Gasteiger partial charge in [0, 0.05) is 23.3 Å². The number of nitrogens with one attached hydrogen (secondary N) is 1. The molecule has 33 heavy (non-hydrogen) atoms. The van der Waals surface area contributed by atoms with E-state index in [1.54, 1.807) is 6.92 Å². The van der Waals surface area contributed by atoms with Crippen molar-refractivity contribution in [3.63, 3.8) is 0 Å². The van der Waals surface area contributed by atoms with Crippen molar-refractivity contribution in [3.8, 4) is 0 Å².